The number of hydrogen-bond donors (Lipinski definition) is 1. The molecular weight excluding hydrogens is 646 g/mol. The van der Waals surface area contributed by atoms with Gasteiger partial charge in [0.15, 0.2) is 0 Å². The van der Waals surface area contributed by atoms with Crippen molar-refractivity contribution in [2.45, 2.75) is 39.4 Å². The van der Waals surface area contributed by atoms with Crippen LogP contribution in [0.5, 0.6) is 0 Å². The molecule has 0 fully saturated rings. The average Bonchev–Trinajstić information content (AvgIpc) is 3.04. The number of rotatable bonds is 10. The fraction of sp³-hybridized carbons (Fsp3) is 0.189. The lowest BCUT2D eigenvalue weighted by molar-refractivity contribution is -0.132. The summed E-state index contributed by atoms with van der Waals surface area (Å²) in [7, 11) is 0. The van der Waals surface area contributed by atoms with Gasteiger partial charge in [-0.2, -0.15) is 0 Å². The van der Waals surface area contributed by atoms with Crippen LogP contribution in [-0.4, -0.2) is 23.6 Å². The van der Waals surface area contributed by atoms with E-state index in [0.717, 1.165) is 17.4 Å². The van der Waals surface area contributed by atoms with E-state index in [1.807, 2.05) is 17.0 Å². The second kappa shape index (κ2) is 16.8. The first-order valence-electron chi connectivity index (χ1n) is 14.5. The monoisotopic (exact) mass is 678 g/mol. The van der Waals surface area contributed by atoms with Crippen molar-refractivity contribution in [1.29, 1.82) is 0 Å². The van der Waals surface area contributed by atoms with Crippen LogP contribution in [0.25, 0.3) is 10.8 Å². The van der Waals surface area contributed by atoms with Gasteiger partial charge >= 0.3 is 0 Å². The van der Waals surface area contributed by atoms with Crippen molar-refractivity contribution in [2.24, 2.45) is 0 Å². The highest BCUT2D eigenvalue weighted by molar-refractivity contribution is 6.42. The Morgan fingerprint density at radius 2 is 1.38 bits per heavy atom. The Hall–Kier alpha value is -3.38. The van der Waals surface area contributed by atoms with Crippen LogP contribution < -0.4 is 5.32 Å². The van der Waals surface area contributed by atoms with E-state index >= 15 is 0 Å². The van der Waals surface area contributed by atoms with E-state index in [2.05, 4.69) is 85.9 Å². The molecule has 0 aromatic heterocycles. The number of nitrogens with one attached hydrogen (secondary N) is 1. The predicted molar refractivity (Wildman–Crippen MR) is 189 cm³/mol. The SMILES string of the molecule is Cc1ccc(CN(Cc2ccc(Cl)c(Cl)c2)C(=O)CCN[C@H](C)c2cccc3ccccc23)cc1.O=Cc1ccc(Cl)c(Cl)c1. The molecular formula is C37H34Cl4N2O2. The summed E-state index contributed by atoms with van der Waals surface area (Å²) in [5, 5.41) is 7.89. The Balaban J connectivity index is 0.000000392. The van der Waals surface area contributed by atoms with Crippen LogP contribution in [0.15, 0.2) is 103 Å². The minimum atomic E-state index is 0.0919. The van der Waals surface area contributed by atoms with Gasteiger partial charge in [-0.05, 0) is 65.6 Å². The molecule has 1 atom stereocenters. The first-order valence-corrected chi connectivity index (χ1v) is 16.0. The van der Waals surface area contributed by atoms with Gasteiger partial charge < -0.3 is 10.2 Å². The second-order valence-corrected chi connectivity index (χ2v) is 12.4. The molecule has 1 N–H and O–H groups in total. The number of hydrogen-bond acceptors (Lipinski definition) is 3. The Morgan fingerprint density at radius 3 is 2.07 bits per heavy atom. The number of amides is 1. The Bertz CT molecular complexity index is 1750. The number of aldehydes is 1. The van der Waals surface area contributed by atoms with Crippen LogP contribution in [0, 0.1) is 6.92 Å². The molecule has 0 aliphatic carbocycles. The lowest BCUT2D eigenvalue weighted by Gasteiger charge is -2.24. The Morgan fingerprint density at radius 1 is 0.756 bits per heavy atom. The van der Waals surface area contributed by atoms with E-state index in [9.17, 15) is 9.59 Å². The fourth-order valence-electron chi connectivity index (χ4n) is 4.88. The third kappa shape index (κ3) is 10.1. The summed E-state index contributed by atoms with van der Waals surface area (Å²) in [5.74, 6) is 0.0919. The van der Waals surface area contributed by atoms with Crippen molar-refractivity contribution >= 4 is 69.4 Å². The van der Waals surface area contributed by atoms with E-state index in [4.69, 9.17) is 46.4 Å². The van der Waals surface area contributed by atoms with Gasteiger partial charge in [-0.15, -0.1) is 0 Å². The Labute approximate surface area is 284 Å². The number of aryl methyl sites for hydroxylation is 1. The molecule has 0 bridgehead atoms. The lowest BCUT2D eigenvalue weighted by Crippen LogP contribution is -2.33. The molecule has 8 heteroatoms. The quantitative estimate of drug-likeness (QED) is 0.149. The maximum Gasteiger partial charge on any atom is 0.224 e. The van der Waals surface area contributed by atoms with Gasteiger partial charge in [-0.1, -0.05) is 131 Å². The molecule has 0 spiro atoms. The van der Waals surface area contributed by atoms with E-state index in [0.29, 0.717) is 51.7 Å². The molecule has 0 heterocycles. The molecule has 0 saturated heterocycles. The first kappa shape index (κ1) is 34.5. The summed E-state index contributed by atoms with van der Waals surface area (Å²) in [5.41, 5.74) is 5.03. The van der Waals surface area contributed by atoms with Gasteiger partial charge in [0.25, 0.3) is 0 Å². The first-order chi connectivity index (χ1) is 21.6. The lowest BCUT2D eigenvalue weighted by atomic mass is 9.99. The van der Waals surface area contributed by atoms with Gasteiger partial charge in [-0.3, -0.25) is 9.59 Å². The summed E-state index contributed by atoms with van der Waals surface area (Å²) in [6, 6.07) is 33.4. The summed E-state index contributed by atoms with van der Waals surface area (Å²) in [6.45, 7) is 5.81. The van der Waals surface area contributed by atoms with Crippen LogP contribution in [0.2, 0.25) is 20.1 Å². The molecule has 0 radical (unpaired) electrons. The normalized spacial score (nSPS) is 11.4. The van der Waals surface area contributed by atoms with Crippen LogP contribution in [-0.2, 0) is 17.9 Å². The van der Waals surface area contributed by atoms with Crippen molar-refractivity contribution in [3.8, 4) is 0 Å². The zero-order valence-corrected chi connectivity index (χ0v) is 28.1. The molecule has 5 aromatic carbocycles. The van der Waals surface area contributed by atoms with Gasteiger partial charge in [0.1, 0.15) is 6.29 Å². The molecule has 0 aliphatic rings. The summed E-state index contributed by atoms with van der Waals surface area (Å²) >= 11 is 23.5. The van der Waals surface area contributed by atoms with Gasteiger partial charge in [0.05, 0.1) is 20.1 Å². The maximum absolute atomic E-state index is 13.3. The molecule has 4 nitrogen and oxygen atoms in total. The van der Waals surface area contributed by atoms with Gasteiger partial charge in [0.2, 0.25) is 5.91 Å². The van der Waals surface area contributed by atoms with Crippen molar-refractivity contribution < 1.29 is 9.59 Å². The zero-order chi connectivity index (χ0) is 32.3. The molecule has 45 heavy (non-hydrogen) atoms. The second-order valence-electron chi connectivity index (χ2n) is 10.8. The van der Waals surface area contributed by atoms with Crippen molar-refractivity contribution in [2.75, 3.05) is 6.54 Å². The smallest absolute Gasteiger partial charge is 0.224 e. The minimum Gasteiger partial charge on any atom is -0.334 e. The molecule has 0 saturated carbocycles. The standard InChI is InChI=1S/C30H30Cl2N2O.C7H4Cl2O/c1-21-10-12-23(13-11-21)19-34(20-24-14-15-28(31)29(32)18-24)30(35)16-17-33-22(2)26-9-5-7-25-6-3-4-8-27(25)26;8-6-2-1-5(4-10)3-7(6)9/h3-15,18,22,33H,16-17,19-20H2,1-2H3;1-4H/t22-;/m1./s1. The third-order valence-electron chi connectivity index (χ3n) is 7.36. The number of nitrogens with zero attached hydrogens (tertiary/aromatic N) is 1. The summed E-state index contributed by atoms with van der Waals surface area (Å²) in [6.07, 6.45) is 1.13. The van der Waals surface area contributed by atoms with Crippen LogP contribution in [0.3, 0.4) is 0 Å². The highest BCUT2D eigenvalue weighted by atomic mass is 35.5. The molecule has 1 amide bonds. The van der Waals surface area contributed by atoms with Crippen LogP contribution in [0.1, 0.15) is 52.0 Å². The highest BCUT2D eigenvalue weighted by Crippen LogP contribution is 2.26. The number of halogens is 4. The highest BCUT2D eigenvalue weighted by Gasteiger charge is 2.17. The van der Waals surface area contributed by atoms with Crippen LogP contribution >= 0.6 is 46.4 Å². The molecule has 5 aromatic rings. The molecule has 0 aliphatic heterocycles. The Kier molecular flexibility index (Phi) is 12.9. The zero-order valence-electron chi connectivity index (χ0n) is 25.1. The van der Waals surface area contributed by atoms with Gasteiger partial charge in [-0.25, -0.2) is 0 Å². The predicted octanol–water partition coefficient (Wildman–Crippen LogP) is 10.5. The van der Waals surface area contributed by atoms with E-state index in [-0.39, 0.29) is 11.9 Å². The minimum absolute atomic E-state index is 0.0919. The number of benzene rings is 5. The molecule has 5 rings (SSSR count). The van der Waals surface area contributed by atoms with Crippen molar-refractivity contribution in [1.82, 2.24) is 10.2 Å². The van der Waals surface area contributed by atoms with Crippen molar-refractivity contribution in [3.05, 3.63) is 151 Å². The van der Waals surface area contributed by atoms with E-state index in [1.54, 1.807) is 18.2 Å². The maximum atomic E-state index is 13.3. The van der Waals surface area contributed by atoms with E-state index in [1.165, 1.54) is 28.0 Å². The van der Waals surface area contributed by atoms with Crippen LogP contribution in [0.4, 0.5) is 0 Å². The summed E-state index contributed by atoms with van der Waals surface area (Å²) in [4.78, 5) is 25.4. The number of carbonyl (C=O) groups excluding carboxylic acids is 2. The van der Waals surface area contributed by atoms with Crippen molar-refractivity contribution in [3.63, 3.8) is 0 Å². The van der Waals surface area contributed by atoms with E-state index < -0.39 is 0 Å². The topological polar surface area (TPSA) is 49.4 Å². The molecule has 0 unspecified atom stereocenters. The van der Waals surface area contributed by atoms with Gasteiger partial charge in [0, 0.05) is 37.7 Å². The number of fused-ring (bicyclic) bond motifs is 1. The fourth-order valence-corrected chi connectivity index (χ4v) is 5.51. The number of carbonyl (C=O) groups is 2. The molecule has 232 valence electrons. The third-order valence-corrected chi connectivity index (χ3v) is 8.84. The summed E-state index contributed by atoms with van der Waals surface area (Å²) < 4.78 is 0. The average molecular weight is 681 g/mol. The largest absolute Gasteiger partial charge is 0.334 e.